The largest absolute Gasteiger partial charge is 0.317 e. The lowest BCUT2D eigenvalue weighted by Crippen LogP contribution is -2.27. The number of rotatable bonds is 6. The minimum absolute atomic E-state index is 0.159. The first-order valence-corrected chi connectivity index (χ1v) is 6.52. The molecule has 96 valence electrons. The Kier molecular flexibility index (Phi) is 5.93. The second kappa shape index (κ2) is 6.97. The molecule has 0 aliphatic heterocycles. The molecule has 1 aromatic carbocycles. The molecule has 0 radical (unpaired) electrons. The van der Waals surface area contributed by atoms with E-state index in [4.69, 9.17) is 11.6 Å². The third-order valence-corrected chi connectivity index (χ3v) is 3.17. The molecule has 0 spiro atoms. The number of hydrogen-bond acceptors (Lipinski definition) is 1. The van der Waals surface area contributed by atoms with E-state index in [1.54, 1.807) is 12.1 Å². The molecule has 0 aliphatic carbocycles. The van der Waals surface area contributed by atoms with Gasteiger partial charge in [0.2, 0.25) is 0 Å². The lowest BCUT2D eigenvalue weighted by Gasteiger charge is -2.18. The van der Waals surface area contributed by atoms with Crippen LogP contribution in [-0.4, -0.2) is 13.1 Å². The number of aryl methyl sites for hydroxylation is 1. The third kappa shape index (κ3) is 5.05. The molecular formula is C14H21ClFN. The van der Waals surface area contributed by atoms with Crippen LogP contribution in [0.15, 0.2) is 18.2 Å². The summed E-state index contributed by atoms with van der Waals surface area (Å²) in [6.07, 6.45) is 2.77. The molecule has 0 aromatic heterocycles. The monoisotopic (exact) mass is 257 g/mol. The van der Waals surface area contributed by atoms with E-state index in [2.05, 4.69) is 19.2 Å². The van der Waals surface area contributed by atoms with E-state index in [0.29, 0.717) is 22.5 Å². The van der Waals surface area contributed by atoms with Crippen molar-refractivity contribution in [1.82, 2.24) is 5.32 Å². The van der Waals surface area contributed by atoms with Gasteiger partial charge in [0.15, 0.2) is 0 Å². The fourth-order valence-corrected chi connectivity index (χ4v) is 2.21. The van der Waals surface area contributed by atoms with Gasteiger partial charge in [-0.15, -0.1) is 0 Å². The van der Waals surface area contributed by atoms with Crippen LogP contribution in [0.2, 0.25) is 5.02 Å². The van der Waals surface area contributed by atoms with E-state index in [0.717, 1.165) is 19.3 Å². The predicted octanol–water partition coefficient (Wildman–Crippen LogP) is 4.05. The smallest absolute Gasteiger partial charge is 0.126 e. The topological polar surface area (TPSA) is 12.0 Å². The molecular weight excluding hydrogens is 237 g/mol. The first-order chi connectivity index (χ1) is 8.02. The van der Waals surface area contributed by atoms with Crippen molar-refractivity contribution >= 4 is 11.6 Å². The Bertz CT molecular complexity index is 352. The van der Waals surface area contributed by atoms with E-state index in [-0.39, 0.29) is 5.82 Å². The number of halogens is 2. The highest BCUT2D eigenvalue weighted by atomic mass is 35.5. The molecule has 0 fully saturated rings. The van der Waals surface area contributed by atoms with Gasteiger partial charge < -0.3 is 5.32 Å². The molecule has 1 rings (SSSR count). The van der Waals surface area contributed by atoms with Gasteiger partial charge in [0.1, 0.15) is 5.82 Å². The minimum atomic E-state index is -0.159. The molecule has 1 atom stereocenters. The van der Waals surface area contributed by atoms with Gasteiger partial charge in [0, 0.05) is 11.1 Å². The molecule has 1 unspecified atom stereocenters. The highest BCUT2D eigenvalue weighted by Gasteiger charge is 2.10. The number of nitrogens with one attached hydrogen (secondary N) is 1. The van der Waals surface area contributed by atoms with Crippen molar-refractivity contribution < 1.29 is 4.39 Å². The number of hydrogen-bond donors (Lipinski definition) is 1. The van der Waals surface area contributed by atoms with E-state index in [1.165, 1.54) is 6.07 Å². The quantitative estimate of drug-likeness (QED) is 0.811. The maximum atomic E-state index is 13.5. The Morgan fingerprint density at radius 2 is 2.06 bits per heavy atom. The van der Waals surface area contributed by atoms with Crippen molar-refractivity contribution in [3.05, 3.63) is 34.6 Å². The summed E-state index contributed by atoms with van der Waals surface area (Å²) in [4.78, 5) is 0. The summed E-state index contributed by atoms with van der Waals surface area (Å²) in [6, 6.07) is 5.19. The molecule has 0 bridgehead atoms. The zero-order valence-electron chi connectivity index (χ0n) is 10.8. The van der Waals surface area contributed by atoms with Gasteiger partial charge in [-0.1, -0.05) is 25.4 Å². The molecule has 0 heterocycles. The van der Waals surface area contributed by atoms with Crippen LogP contribution in [0.4, 0.5) is 4.39 Å². The van der Waals surface area contributed by atoms with Gasteiger partial charge >= 0.3 is 0 Å². The summed E-state index contributed by atoms with van der Waals surface area (Å²) >= 11 is 5.87. The first-order valence-electron chi connectivity index (χ1n) is 6.14. The molecule has 3 heteroatoms. The summed E-state index contributed by atoms with van der Waals surface area (Å²) in [6.45, 7) is 4.40. The number of benzene rings is 1. The second-order valence-electron chi connectivity index (χ2n) is 4.89. The van der Waals surface area contributed by atoms with Crippen LogP contribution < -0.4 is 5.32 Å². The summed E-state index contributed by atoms with van der Waals surface area (Å²) in [5, 5.41) is 3.89. The van der Waals surface area contributed by atoms with Crippen LogP contribution in [0.5, 0.6) is 0 Å². The lowest BCUT2D eigenvalue weighted by molar-refractivity contribution is 0.419. The third-order valence-electron chi connectivity index (χ3n) is 2.93. The maximum absolute atomic E-state index is 13.5. The Hall–Kier alpha value is -0.600. The highest BCUT2D eigenvalue weighted by molar-refractivity contribution is 6.30. The van der Waals surface area contributed by atoms with Crippen LogP contribution >= 0.6 is 11.6 Å². The molecule has 1 nitrogen and oxygen atoms in total. The molecule has 0 aliphatic rings. The van der Waals surface area contributed by atoms with E-state index in [9.17, 15) is 4.39 Å². The Labute approximate surface area is 108 Å². The van der Waals surface area contributed by atoms with E-state index in [1.807, 2.05) is 7.05 Å². The molecule has 17 heavy (non-hydrogen) atoms. The fourth-order valence-electron chi connectivity index (χ4n) is 2.01. The van der Waals surface area contributed by atoms with Gasteiger partial charge in [-0.3, -0.25) is 0 Å². The summed E-state index contributed by atoms with van der Waals surface area (Å²) < 4.78 is 13.5. The van der Waals surface area contributed by atoms with Crippen molar-refractivity contribution in [1.29, 1.82) is 0 Å². The van der Waals surface area contributed by atoms with E-state index < -0.39 is 0 Å². The summed E-state index contributed by atoms with van der Waals surface area (Å²) in [5.74, 6) is 0.491. The maximum Gasteiger partial charge on any atom is 0.126 e. The zero-order valence-corrected chi connectivity index (χ0v) is 11.5. The van der Waals surface area contributed by atoms with Crippen LogP contribution in [-0.2, 0) is 6.42 Å². The van der Waals surface area contributed by atoms with Crippen LogP contribution in [0.3, 0.4) is 0 Å². The average Bonchev–Trinajstić information content (AvgIpc) is 2.28. The summed E-state index contributed by atoms with van der Waals surface area (Å²) in [7, 11) is 1.96. The van der Waals surface area contributed by atoms with Crippen molar-refractivity contribution in [3.8, 4) is 0 Å². The van der Waals surface area contributed by atoms with Gasteiger partial charge in [-0.2, -0.15) is 0 Å². The fraction of sp³-hybridized carbons (Fsp3) is 0.571. The van der Waals surface area contributed by atoms with Crippen molar-refractivity contribution in [2.24, 2.45) is 5.92 Å². The Morgan fingerprint density at radius 3 is 2.65 bits per heavy atom. The second-order valence-corrected chi connectivity index (χ2v) is 5.33. The molecule has 1 aromatic rings. The van der Waals surface area contributed by atoms with Gasteiger partial charge in [-0.25, -0.2) is 4.39 Å². The average molecular weight is 258 g/mol. The molecule has 0 amide bonds. The van der Waals surface area contributed by atoms with E-state index >= 15 is 0 Å². The van der Waals surface area contributed by atoms with Crippen molar-refractivity contribution in [2.45, 2.75) is 39.2 Å². The molecule has 1 N–H and O–H groups in total. The Morgan fingerprint density at radius 1 is 1.35 bits per heavy atom. The summed E-state index contributed by atoms with van der Waals surface area (Å²) in [5.41, 5.74) is 0.710. The first kappa shape index (κ1) is 14.5. The van der Waals surface area contributed by atoms with Crippen LogP contribution in [0.25, 0.3) is 0 Å². The van der Waals surface area contributed by atoms with Gasteiger partial charge in [0.05, 0.1) is 0 Å². The van der Waals surface area contributed by atoms with Crippen LogP contribution in [0.1, 0.15) is 32.3 Å². The zero-order chi connectivity index (χ0) is 12.8. The van der Waals surface area contributed by atoms with Gasteiger partial charge in [0.25, 0.3) is 0 Å². The normalized spacial score (nSPS) is 13.1. The predicted molar refractivity (Wildman–Crippen MR) is 72.0 cm³/mol. The Balaban J connectivity index is 2.56. The SMILES string of the molecule is CNC(CCc1cc(Cl)ccc1F)CC(C)C. The standard InChI is InChI=1S/C14H21ClFN/c1-10(2)8-13(17-3)6-4-11-9-12(15)5-7-14(11)16/h5,7,9-10,13,17H,4,6,8H2,1-3H3. The molecule has 0 saturated heterocycles. The van der Waals surface area contributed by atoms with Crippen LogP contribution in [0, 0.1) is 11.7 Å². The highest BCUT2D eigenvalue weighted by Crippen LogP contribution is 2.18. The van der Waals surface area contributed by atoms with Crippen molar-refractivity contribution in [3.63, 3.8) is 0 Å². The van der Waals surface area contributed by atoms with Crippen molar-refractivity contribution in [2.75, 3.05) is 7.05 Å². The minimum Gasteiger partial charge on any atom is -0.317 e. The lowest BCUT2D eigenvalue weighted by atomic mass is 9.97. The van der Waals surface area contributed by atoms with Gasteiger partial charge in [-0.05, 0) is 56.0 Å². The molecule has 0 saturated carbocycles.